The summed E-state index contributed by atoms with van der Waals surface area (Å²) >= 11 is 1.51. The Kier molecular flexibility index (Phi) is 3.66. The van der Waals surface area contributed by atoms with Crippen molar-refractivity contribution in [2.75, 3.05) is 13.1 Å². The molecule has 7 heteroatoms. The number of aryl methyl sites for hydroxylation is 1. The first kappa shape index (κ1) is 13.8. The van der Waals surface area contributed by atoms with E-state index in [4.69, 9.17) is 0 Å². The number of aliphatic hydroxyl groups is 1. The maximum absolute atomic E-state index is 12.6. The minimum absolute atomic E-state index is 0.256. The van der Waals surface area contributed by atoms with E-state index in [0.29, 0.717) is 6.54 Å². The Hall–Kier alpha value is -0.660. The van der Waals surface area contributed by atoms with Gasteiger partial charge in [-0.1, -0.05) is 0 Å². The highest BCUT2D eigenvalue weighted by atomic mass is 32.1. The molecular weight excluding hydrogens is 265 g/mol. The van der Waals surface area contributed by atoms with E-state index in [0.717, 1.165) is 10.6 Å². The molecule has 0 radical (unpaired) electrons. The summed E-state index contributed by atoms with van der Waals surface area (Å²) in [7, 11) is 0. The predicted molar refractivity (Wildman–Crippen MR) is 62.4 cm³/mol. The fourth-order valence-electron chi connectivity index (χ4n) is 2.05. The topological polar surface area (TPSA) is 36.4 Å². The molecule has 1 aromatic heterocycles. The van der Waals surface area contributed by atoms with Gasteiger partial charge in [-0.2, -0.15) is 13.2 Å². The van der Waals surface area contributed by atoms with Gasteiger partial charge in [0, 0.05) is 24.5 Å². The number of alkyl halides is 3. The first-order valence-corrected chi connectivity index (χ1v) is 6.60. The summed E-state index contributed by atoms with van der Waals surface area (Å²) < 4.78 is 37.9. The number of halogens is 3. The lowest BCUT2D eigenvalue weighted by molar-refractivity contribution is -0.272. The third-order valence-electron chi connectivity index (χ3n) is 3.42. The second-order valence-electron chi connectivity index (χ2n) is 4.67. The smallest absolute Gasteiger partial charge is 0.380 e. The zero-order valence-electron chi connectivity index (χ0n) is 10.00. The van der Waals surface area contributed by atoms with E-state index in [2.05, 4.69) is 4.98 Å². The van der Waals surface area contributed by atoms with Crippen LogP contribution in [0, 0.1) is 6.92 Å². The number of piperidine rings is 1. The highest BCUT2D eigenvalue weighted by Gasteiger charge is 2.54. The van der Waals surface area contributed by atoms with Gasteiger partial charge < -0.3 is 5.11 Å². The number of nitrogens with zero attached hydrogens (tertiary/aromatic N) is 2. The van der Waals surface area contributed by atoms with Crippen LogP contribution in [0.15, 0.2) is 5.51 Å². The summed E-state index contributed by atoms with van der Waals surface area (Å²) in [6.45, 7) is 3.02. The van der Waals surface area contributed by atoms with Crippen LogP contribution in [-0.2, 0) is 6.54 Å². The molecule has 18 heavy (non-hydrogen) atoms. The summed E-state index contributed by atoms with van der Waals surface area (Å²) in [6.07, 6.45) is -5.04. The fourth-order valence-corrected chi connectivity index (χ4v) is 2.86. The zero-order valence-corrected chi connectivity index (χ0v) is 10.8. The summed E-state index contributed by atoms with van der Waals surface area (Å²) in [5, 5.41) is 9.54. The van der Waals surface area contributed by atoms with Gasteiger partial charge in [-0.15, -0.1) is 11.3 Å². The largest absolute Gasteiger partial charge is 0.417 e. The molecule has 1 aliphatic rings. The summed E-state index contributed by atoms with van der Waals surface area (Å²) in [5.74, 6) is 0. The quantitative estimate of drug-likeness (QED) is 0.903. The van der Waals surface area contributed by atoms with E-state index in [9.17, 15) is 18.3 Å². The van der Waals surface area contributed by atoms with E-state index in [1.807, 2.05) is 11.8 Å². The van der Waals surface area contributed by atoms with Crippen molar-refractivity contribution in [2.24, 2.45) is 0 Å². The molecule has 0 unspecified atom stereocenters. The summed E-state index contributed by atoms with van der Waals surface area (Å²) in [5.41, 5.74) is 0.157. The standard InChI is InChI=1S/C11H15F3N2OS/c1-8-9(18-7-15-8)6-16-4-2-10(17,3-5-16)11(12,13)14/h7,17H,2-6H2,1H3. The Morgan fingerprint density at radius 1 is 1.44 bits per heavy atom. The van der Waals surface area contributed by atoms with Gasteiger partial charge >= 0.3 is 6.18 Å². The Labute approximate surface area is 107 Å². The lowest BCUT2D eigenvalue weighted by Crippen LogP contribution is -2.53. The van der Waals surface area contributed by atoms with Crippen LogP contribution < -0.4 is 0 Å². The van der Waals surface area contributed by atoms with Crippen molar-refractivity contribution in [3.8, 4) is 0 Å². The summed E-state index contributed by atoms with van der Waals surface area (Å²) in [6, 6.07) is 0. The normalized spacial score (nSPS) is 21.2. The van der Waals surface area contributed by atoms with Crippen LogP contribution in [0.2, 0.25) is 0 Å². The second-order valence-corrected chi connectivity index (χ2v) is 5.61. The van der Waals surface area contributed by atoms with E-state index >= 15 is 0 Å². The number of hydrogen-bond acceptors (Lipinski definition) is 4. The minimum atomic E-state index is -4.53. The van der Waals surface area contributed by atoms with Gasteiger partial charge in [-0.25, -0.2) is 4.98 Å². The molecule has 0 atom stereocenters. The van der Waals surface area contributed by atoms with Crippen LogP contribution in [0.4, 0.5) is 13.2 Å². The molecule has 1 fully saturated rings. The summed E-state index contributed by atoms with van der Waals surface area (Å²) in [4.78, 5) is 7.12. The Morgan fingerprint density at radius 3 is 2.50 bits per heavy atom. The molecule has 2 rings (SSSR count). The molecule has 0 aromatic carbocycles. The SMILES string of the molecule is Cc1ncsc1CN1CCC(O)(C(F)(F)F)CC1. The molecule has 102 valence electrons. The molecule has 0 bridgehead atoms. The van der Waals surface area contributed by atoms with Crippen LogP contribution in [0.5, 0.6) is 0 Å². The molecule has 1 aromatic rings. The lowest BCUT2D eigenvalue weighted by Gasteiger charge is -2.38. The number of rotatable bonds is 2. The van der Waals surface area contributed by atoms with Crippen LogP contribution in [0.1, 0.15) is 23.4 Å². The average molecular weight is 280 g/mol. The molecule has 1 N–H and O–H groups in total. The average Bonchev–Trinajstić information content (AvgIpc) is 2.66. The van der Waals surface area contributed by atoms with Gasteiger partial charge in [0.2, 0.25) is 0 Å². The van der Waals surface area contributed by atoms with Crippen molar-refractivity contribution in [1.29, 1.82) is 0 Å². The van der Waals surface area contributed by atoms with Gasteiger partial charge in [0.25, 0.3) is 0 Å². The minimum Gasteiger partial charge on any atom is -0.380 e. The molecule has 0 spiro atoms. The molecule has 0 saturated carbocycles. The van der Waals surface area contributed by atoms with Crippen LogP contribution in [0.3, 0.4) is 0 Å². The monoisotopic (exact) mass is 280 g/mol. The molecule has 1 aliphatic heterocycles. The predicted octanol–water partition coefficient (Wildman–Crippen LogP) is 2.34. The Balaban J connectivity index is 1.93. The Morgan fingerprint density at radius 2 is 2.06 bits per heavy atom. The zero-order chi connectivity index (χ0) is 13.4. The molecule has 1 saturated heterocycles. The van der Waals surface area contributed by atoms with Crippen molar-refractivity contribution in [3.63, 3.8) is 0 Å². The number of likely N-dealkylation sites (tertiary alicyclic amines) is 1. The third kappa shape index (κ3) is 2.67. The van der Waals surface area contributed by atoms with Gasteiger partial charge in [0.1, 0.15) is 0 Å². The van der Waals surface area contributed by atoms with Crippen molar-refractivity contribution >= 4 is 11.3 Å². The van der Waals surface area contributed by atoms with Crippen LogP contribution in [0.25, 0.3) is 0 Å². The Bertz CT molecular complexity index is 411. The van der Waals surface area contributed by atoms with Crippen molar-refractivity contribution < 1.29 is 18.3 Å². The number of thiazole rings is 1. The first-order chi connectivity index (χ1) is 8.32. The number of hydrogen-bond donors (Lipinski definition) is 1. The second kappa shape index (κ2) is 4.79. The van der Waals surface area contributed by atoms with E-state index in [1.54, 1.807) is 5.51 Å². The highest BCUT2D eigenvalue weighted by Crippen LogP contribution is 2.38. The third-order valence-corrected chi connectivity index (χ3v) is 4.34. The maximum Gasteiger partial charge on any atom is 0.417 e. The molecule has 3 nitrogen and oxygen atoms in total. The van der Waals surface area contributed by atoms with E-state index in [1.165, 1.54) is 11.3 Å². The van der Waals surface area contributed by atoms with Gasteiger partial charge in [-0.05, 0) is 19.8 Å². The molecular formula is C11H15F3N2OS. The van der Waals surface area contributed by atoms with Gasteiger partial charge in [-0.3, -0.25) is 4.90 Å². The van der Waals surface area contributed by atoms with E-state index in [-0.39, 0.29) is 25.9 Å². The van der Waals surface area contributed by atoms with Crippen LogP contribution >= 0.6 is 11.3 Å². The lowest BCUT2D eigenvalue weighted by atomic mass is 9.91. The molecule has 2 heterocycles. The fraction of sp³-hybridized carbons (Fsp3) is 0.727. The van der Waals surface area contributed by atoms with Crippen molar-refractivity contribution in [1.82, 2.24) is 9.88 Å². The molecule has 0 aliphatic carbocycles. The van der Waals surface area contributed by atoms with Gasteiger partial charge in [0.05, 0.1) is 11.2 Å². The first-order valence-electron chi connectivity index (χ1n) is 5.72. The highest BCUT2D eigenvalue weighted by molar-refractivity contribution is 7.09. The molecule has 0 amide bonds. The number of aromatic nitrogens is 1. The van der Waals surface area contributed by atoms with Crippen molar-refractivity contribution in [3.05, 3.63) is 16.1 Å². The van der Waals surface area contributed by atoms with E-state index < -0.39 is 11.8 Å². The van der Waals surface area contributed by atoms with Crippen LogP contribution in [-0.4, -0.2) is 39.9 Å². The van der Waals surface area contributed by atoms with Gasteiger partial charge in [0.15, 0.2) is 5.60 Å². The van der Waals surface area contributed by atoms with Crippen molar-refractivity contribution in [2.45, 2.75) is 38.1 Å². The maximum atomic E-state index is 12.6.